The van der Waals surface area contributed by atoms with E-state index in [0.717, 1.165) is 6.42 Å². The maximum absolute atomic E-state index is 11.8. The monoisotopic (exact) mass is 260 g/mol. The Hall–Kier alpha value is -1.84. The van der Waals surface area contributed by atoms with Crippen LogP contribution in [0.3, 0.4) is 0 Å². The number of carbonyl (C=O) groups excluding carboxylic acids is 2. The van der Waals surface area contributed by atoms with Crippen molar-refractivity contribution in [1.29, 1.82) is 0 Å². The highest BCUT2D eigenvalue weighted by molar-refractivity contribution is 5.84. The summed E-state index contributed by atoms with van der Waals surface area (Å²) < 4.78 is 0. The Bertz CT molecular complexity index is 511. The summed E-state index contributed by atoms with van der Waals surface area (Å²) in [5.41, 5.74) is 3.72. The van der Waals surface area contributed by atoms with Gasteiger partial charge in [-0.15, -0.1) is 0 Å². The summed E-state index contributed by atoms with van der Waals surface area (Å²) in [5, 5.41) is 5.53. The van der Waals surface area contributed by atoms with E-state index in [2.05, 4.69) is 42.7 Å². The number of amides is 2. The van der Waals surface area contributed by atoms with E-state index in [0.29, 0.717) is 5.92 Å². The first-order valence-corrected chi connectivity index (χ1v) is 6.60. The molecule has 0 unspecified atom stereocenters. The van der Waals surface area contributed by atoms with Crippen molar-refractivity contribution in [3.63, 3.8) is 0 Å². The van der Waals surface area contributed by atoms with Gasteiger partial charge in [0.15, 0.2) is 0 Å². The highest BCUT2D eigenvalue weighted by atomic mass is 16.2. The molecular weight excluding hydrogens is 240 g/mol. The molecule has 4 nitrogen and oxygen atoms in total. The third-order valence-electron chi connectivity index (χ3n) is 3.56. The van der Waals surface area contributed by atoms with Gasteiger partial charge in [0.25, 0.3) is 0 Å². The third-order valence-corrected chi connectivity index (χ3v) is 3.56. The number of hydrogen-bond donors (Lipinski definition) is 2. The summed E-state index contributed by atoms with van der Waals surface area (Å²) in [5.74, 6) is 0.0605. The lowest BCUT2D eigenvalue weighted by Crippen LogP contribution is -2.38. The van der Waals surface area contributed by atoms with Crippen LogP contribution in [0.2, 0.25) is 0 Å². The fourth-order valence-electron chi connectivity index (χ4n) is 2.61. The SMILES string of the molecule is CC(=O)NCC(=O)N[C@H]1c2cc(C)ccc2C[C@@H]1C. The molecule has 19 heavy (non-hydrogen) atoms. The average molecular weight is 260 g/mol. The van der Waals surface area contributed by atoms with Crippen molar-refractivity contribution in [2.24, 2.45) is 5.92 Å². The molecule has 0 saturated carbocycles. The van der Waals surface area contributed by atoms with Crippen LogP contribution in [-0.4, -0.2) is 18.4 Å². The summed E-state index contributed by atoms with van der Waals surface area (Å²) in [4.78, 5) is 22.6. The van der Waals surface area contributed by atoms with E-state index in [1.54, 1.807) is 0 Å². The zero-order valence-electron chi connectivity index (χ0n) is 11.6. The van der Waals surface area contributed by atoms with Gasteiger partial charge in [0.2, 0.25) is 11.8 Å². The van der Waals surface area contributed by atoms with Gasteiger partial charge >= 0.3 is 0 Å². The quantitative estimate of drug-likeness (QED) is 0.865. The number of rotatable bonds is 3. The number of hydrogen-bond acceptors (Lipinski definition) is 2. The van der Waals surface area contributed by atoms with E-state index >= 15 is 0 Å². The van der Waals surface area contributed by atoms with Gasteiger partial charge in [-0.2, -0.15) is 0 Å². The maximum Gasteiger partial charge on any atom is 0.239 e. The van der Waals surface area contributed by atoms with Crippen LogP contribution in [0.15, 0.2) is 18.2 Å². The Morgan fingerprint density at radius 1 is 1.37 bits per heavy atom. The van der Waals surface area contributed by atoms with Gasteiger partial charge in [0, 0.05) is 6.92 Å². The second-order valence-corrected chi connectivity index (χ2v) is 5.34. The van der Waals surface area contributed by atoms with Crippen molar-refractivity contribution < 1.29 is 9.59 Å². The Balaban J connectivity index is 2.07. The number of aryl methyl sites for hydroxylation is 1. The highest BCUT2D eigenvalue weighted by Crippen LogP contribution is 2.36. The van der Waals surface area contributed by atoms with Crippen molar-refractivity contribution in [3.8, 4) is 0 Å². The van der Waals surface area contributed by atoms with E-state index in [1.807, 2.05) is 0 Å². The molecular formula is C15H20N2O2. The molecule has 1 aliphatic rings. The van der Waals surface area contributed by atoms with Crippen molar-refractivity contribution in [2.45, 2.75) is 33.2 Å². The predicted octanol–water partition coefficient (Wildman–Crippen LogP) is 1.48. The summed E-state index contributed by atoms with van der Waals surface area (Å²) >= 11 is 0. The number of benzene rings is 1. The first-order valence-electron chi connectivity index (χ1n) is 6.60. The van der Waals surface area contributed by atoms with Crippen LogP contribution in [-0.2, 0) is 16.0 Å². The fraction of sp³-hybridized carbons (Fsp3) is 0.467. The molecule has 2 rings (SSSR count). The first kappa shape index (κ1) is 13.6. The number of nitrogens with one attached hydrogen (secondary N) is 2. The standard InChI is InChI=1S/C15H20N2O2/c1-9-4-5-12-7-10(2)15(13(12)6-9)17-14(19)8-16-11(3)18/h4-6,10,15H,7-8H2,1-3H3,(H,16,18)(H,17,19)/t10-,15+/m0/s1. The molecule has 4 heteroatoms. The molecule has 1 aliphatic carbocycles. The average Bonchev–Trinajstić information content (AvgIpc) is 2.63. The molecule has 0 fully saturated rings. The lowest BCUT2D eigenvalue weighted by atomic mass is 10.0. The third kappa shape index (κ3) is 3.13. The first-order chi connectivity index (χ1) is 8.97. The molecule has 102 valence electrons. The van der Waals surface area contributed by atoms with Crippen LogP contribution >= 0.6 is 0 Å². The van der Waals surface area contributed by atoms with Gasteiger partial charge < -0.3 is 10.6 Å². The molecule has 0 aromatic heterocycles. The normalized spacial score (nSPS) is 20.8. The van der Waals surface area contributed by atoms with E-state index in [4.69, 9.17) is 0 Å². The fourth-order valence-corrected chi connectivity index (χ4v) is 2.61. The summed E-state index contributed by atoms with van der Waals surface area (Å²) in [6.07, 6.45) is 0.987. The van der Waals surface area contributed by atoms with Gasteiger partial charge in [-0.1, -0.05) is 30.7 Å². The minimum Gasteiger partial charge on any atom is -0.347 e. The van der Waals surface area contributed by atoms with Gasteiger partial charge in [0.1, 0.15) is 0 Å². The molecule has 0 bridgehead atoms. The minimum atomic E-state index is -0.189. The van der Waals surface area contributed by atoms with E-state index in [1.165, 1.54) is 23.6 Å². The predicted molar refractivity (Wildman–Crippen MR) is 73.6 cm³/mol. The second-order valence-electron chi connectivity index (χ2n) is 5.34. The van der Waals surface area contributed by atoms with Gasteiger partial charge in [0.05, 0.1) is 12.6 Å². The van der Waals surface area contributed by atoms with Crippen molar-refractivity contribution >= 4 is 11.8 Å². The van der Waals surface area contributed by atoms with Crippen LogP contribution in [0.5, 0.6) is 0 Å². The van der Waals surface area contributed by atoms with E-state index in [9.17, 15) is 9.59 Å². The lowest BCUT2D eigenvalue weighted by molar-refractivity contribution is -0.125. The Kier molecular flexibility index (Phi) is 3.88. The van der Waals surface area contributed by atoms with Gasteiger partial charge in [-0.05, 0) is 30.4 Å². The van der Waals surface area contributed by atoms with Gasteiger partial charge in [-0.25, -0.2) is 0 Å². The molecule has 2 N–H and O–H groups in total. The smallest absolute Gasteiger partial charge is 0.239 e. The highest BCUT2D eigenvalue weighted by Gasteiger charge is 2.30. The molecule has 0 saturated heterocycles. The van der Waals surface area contributed by atoms with Crippen LogP contribution in [0.4, 0.5) is 0 Å². The summed E-state index contributed by atoms with van der Waals surface area (Å²) in [7, 11) is 0. The molecule has 0 aliphatic heterocycles. The van der Waals surface area contributed by atoms with Crippen LogP contribution in [0, 0.1) is 12.8 Å². The van der Waals surface area contributed by atoms with E-state index < -0.39 is 0 Å². The Labute approximate surface area is 113 Å². The van der Waals surface area contributed by atoms with E-state index in [-0.39, 0.29) is 24.4 Å². The lowest BCUT2D eigenvalue weighted by Gasteiger charge is -2.19. The van der Waals surface area contributed by atoms with Crippen LogP contribution in [0.25, 0.3) is 0 Å². The molecule has 2 amide bonds. The number of carbonyl (C=O) groups is 2. The zero-order valence-corrected chi connectivity index (χ0v) is 11.6. The molecule has 1 aromatic carbocycles. The van der Waals surface area contributed by atoms with Crippen molar-refractivity contribution in [3.05, 3.63) is 34.9 Å². The second kappa shape index (κ2) is 5.43. The zero-order chi connectivity index (χ0) is 14.0. The maximum atomic E-state index is 11.8. The summed E-state index contributed by atoms with van der Waals surface area (Å²) in [6, 6.07) is 6.44. The summed E-state index contributed by atoms with van der Waals surface area (Å²) in [6.45, 7) is 5.64. The molecule has 1 aromatic rings. The van der Waals surface area contributed by atoms with Crippen molar-refractivity contribution in [2.75, 3.05) is 6.54 Å². The number of fused-ring (bicyclic) bond motifs is 1. The van der Waals surface area contributed by atoms with Crippen LogP contribution in [0.1, 0.15) is 36.6 Å². The largest absolute Gasteiger partial charge is 0.347 e. The van der Waals surface area contributed by atoms with Crippen LogP contribution < -0.4 is 10.6 Å². The molecule has 2 atom stereocenters. The Morgan fingerprint density at radius 2 is 2.11 bits per heavy atom. The topological polar surface area (TPSA) is 58.2 Å². The molecule has 0 heterocycles. The Morgan fingerprint density at radius 3 is 2.79 bits per heavy atom. The molecule has 0 radical (unpaired) electrons. The minimum absolute atomic E-state index is 0.0414. The van der Waals surface area contributed by atoms with Crippen molar-refractivity contribution in [1.82, 2.24) is 10.6 Å². The molecule has 0 spiro atoms. The van der Waals surface area contributed by atoms with Gasteiger partial charge in [-0.3, -0.25) is 9.59 Å².